The molecule has 0 saturated heterocycles. The number of rotatable bonds is 30. The quantitative estimate of drug-likeness (QED) is 0.0369. The average molecular weight is 570 g/mol. The topological polar surface area (TPSA) is 12.5 Å². The number of hydrogen-bond acceptors (Lipinski definition) is 2. The lowest BCUT2D eigenvalue weighted by atomic mass is 9.88. The van der Waals surface area contributed by atoms with E-state index in [-0.39, 0.29) is 6.10 Å². The molecule has 0 fully saturated rings. The number of nitrogens with zero attached hydrogens (tertiary/aromatic N) is 1. The molecule has 2 nitrogen and oxygen atoms in total. The van der Waals surface area contributed by atoms with Crippen molar-refractivity contribution in [3.05, 3.63) is 60.9 Å². The Morgan fingerprint density at radius 3 is 1.68 bits per heavy atom. The van der Waals surface area contributed by atoms with Gasteiger partial charge in [0, 0.05) is 6.42 Å². The maximum Gasteiger partial charge on any atom is 0.101 e. The van der Waals surface area contributed by atoms with E-state index in [1.54, 1.807) is 0 Å². The van der Waals surface area contributed by atoms with E-state index in [9.17, 15) is 0 Å². The Morgan fingerprint density at radius 1 is 0.585 bits per heavy atom. The molecule has 0 N–H and O–H groups in total. The van der Waals surface area contributed by atoms with Gasteiger partial charge in [0.15, 0.2) is 0 Å². The van der Waals surface area contributed by atoms with Crippen molar-refractivity contribution in [2.24, 2.45) is 5.92 Å². The zero-order chi connectivity index (χ0) is 30.2. The maximum absolute atomic E-state index is 6.72. The van der Waals surface area contributed by atoms with Gasteiger partial charge in [0.2, 0.25) is 0 Å². The van der Waals surface area contributed by atoms with Gasteiger partial charge >= 0.3 is 0 Å². The van der Waals surface area contributed by atoms with Crippen molar-refractivity contribution in [3.8, 4) is 0 Å². The van der Waals surface area contributed by atoms with Crippen LogP contribution in [-0.2, 0) is 4.74 Å². The van der Waals surface area contributed by atoms with E-state index in [2.05, 4.69) is 95.0 Å². The molecule has 0 radical (unpaired) electrons. The van der Waals surface area contributed by atoms with Gasteiger partial charge in [0.1, 0.15) is 6.10 Å². The molecule has 0 saturated carbocycles. The van der Waals surface area contributed by atoms with Crippen molar-refractivity contribution < 1.29 is 4.74 Å². The van der Waals surface area contributed by atoms with E-state index >= 15 is 0 Å². The lowest BCUT2D eigenvalue weighted by Gasteiger charge is -2.29. The second-order valence-electron chi connectivity index (χ2n) is 12.2. The summed E-state index contributed by atoms with van der Waals surface area (Å²) in [6.07, 6.45) is 44.6. The highest BCUT2D eigenvalue weighted by Crippen LogP contribution is 2.28. The molecule has 0 amide bonds. The molecule has 2 unspecified atom stereocenters. The zero-order valence-electron chi connectivity index (χ0n) is 28.4. The lowest BCUT2D eigenvalue weighted by Crippen LogP contribution is -2.24. The predicted molar refractivity (Wildman–Crippen MR) is 187 cm³/mol. The fourth-order valence-electron chi connectivity index (χ4n) is 5.20. The van der Waals surface area contributed by atoms with Crippen LogP contribution in [-0.4, -0.2) is 31.6 Å². The van der Waals surface area contributed by atoms with Crippen molar-refractivity contribution in [2.45, 2.75) is 162 Å². The first-order valence-corrected chi connectivity index (χ1v) is 17.7. The van der Waals surface area contributed by atoms with E-state index in [0.717, 1.165) is 44.4 Å². The summed E-state index contributed by atoms with van der Waals surface area (Å²) in [4.78, 5) is 2.27. The maximum atomic E-state index is 6.72. The summed E-state index contributed by atoms with van der Waals surface area (Å²) >= 11 is 0. The summed E-state index contributed by atoms with van der Waals surface area (Å²) in [6.45, 7) is 12.3. The Balaban J connectivity index is 5.18. The lowest BCUT2D eigenvalue weighted by molar-refractivity contribution is 0.0440. The van der Waals surface area contributed by atoms with Gasteiger partial charge in [0.25, 0.3) is 0 Å². The Bertz CT molecular complexity index is 671. The first kappa shape index (κ1) is 39.5. The molecule has 0 bridgehead atoms. The summed E-state index contributed by atoms with van der Waals surface area (Å²) in [7, 11) is 4.30. The summed E-state index contributed by atoms with van der Waals surface area (Å²) in [5, 5.41) is 0. The third kappa shape index (κ3) is 28.4. The van der Waals surface area contributed by atoms with Crippen LogP contribution in [0.5, 0.6) is 0 Å². The third-order valence-electron chi connectivity index (χ3n) is 7.78. The second-order valence-corrected chi connectivity index (χ2v) is 12.2. The molecule has 2 heteroatoms. The first-order chi connectivity index (χ1) is 20.0. The van der Waals surface area contributed by atoms with Crippen molar-refractivity contribution in [1.82, 2.24) is 4.90 Å². The monoisotopic (exact) mass is 570 g/mol. The first-order valence-electron chi connectivity index (χ1n) is 17.7. The summed E-state index contributed by atoms with van der Waals surface area (Å²) in [5.74, 6) is 1.60. The molecule has 0 aliphatic rings. The molecule has 0 aromatic carbocycles. The largest absolute Gasteiger partial charge is 0.495 e. The van der Waals surface area contributed by atoms with E-state index in [1.807, 2.05) is 0 Å². The average Bonchev–Trinajstić information content (AvgIpc) is 2.95. The van der Waals surface area contributed by atoms with E-state index < -0.39 is 0 Å². The van der Waals surface area contributed by atoms with Gasteiger partial charge in [-0.1, -0.05) is 108 Å². The van der Waals surface area contributed by atoms with Crippen LogP contribution in [0, 0.1) is 5.92 Å². The fourth-order valence-corrected chi connectivity index (χ4v) is 5.20. The van der Waals surface area contributed by atoms with Crippen LogP contribution < -0.4 is 0 Å². The molecule has 0 heterocycles. The minimum atomic E-state index is 0.276. The van der Waals surface area contributed by atoms with Gasteiger partial charge in [-0.3, -0.25) is 0 Å². The Kier molecular flexibility index (Phi) is 30.2. The summed E-state index contributed by atoms with van der Waals surface area (Å²) < 4.78 is 6.72. The molecular formula is C39H71NO. The Hall–Kier alpha value is -1.54. The molecule has 0 rings (SSSR count). The SMILES string of the molecule is C=C(CCCCN(C)C)OC(CC/C=C\CCCCC)C(CCC/C=C\C=C\CCC)CCC/C=C\CCCCC. The van der Waals surface area contributed by atoms with Gasteiger partial charge in [-0.05, 0) is 123 Å². The van der Waals surface area contributed by atoms with Gasteiger partial charge in [0.05, 0.1) is 5.76 Å². The van der Waals surface area contributed by atoms with E-state index in [4.69, 9.17) is 4.74 Å². The minimum Gasteiger partial charge on any atom is -0.495 e. The summed E-state index contributed by atoms with van der Waals surface area (Å²) in [6, 6.07) is 0. The van der Waals surface area contributed by atoms with Crippen molar-refractivity contribution in [2.75, 3.05) is 20.6 Å². The van der Waals surface area contributed by atoms with Crippen LogP contribution >= 0.6 is 0 Å². The third-order valence-corrected chi connectivity index (χ3v) is 7.78. The van der Waals surface area contributed by atoms with Crippen molar-refractivity contribution in [1.29, 1.82) is 0 Å². The van der Waals surface area contributed by atoms with Crippen molar-refractivity contribution >= 4 is 0 Å². The molecule has 41 heavy (non-hydrogen) atoms. The second kappa shape index (κ2) is 31.4. The molecule has 0 aromatic heterocycles. The Labute approximate surface area is 258 Å². The molecule has 0 spiro atoms. The molecule has 2 atom stereocenters. The van der Waals surface area contributed by atoms with Crippen LogP contribution in [0.2, 0.25) is 0 Å². The van der Waals surface area contributed by atoms with Crippen LogP contribution in [0.1, 0.15) is 156 Å². The van der Waals surface area contributed by atoms with Gasteiger partial charge in [-0.25, -0.2) is 0 Å². The smallest absolute Gasteiger partial charge is 0.101 e. The van der Waals surface area contributed by atoms with Crippen LogP contribution in [0.15, 0.2) is 60.9 Å². The Morgan fingerprint density at radius 2 is 1.12 bits per heavy atom. The molecule has 0 aromatic rings. The molecular weight excluding hydrogens is 498 g/mol. The molecule has 238 valence electrons. The zero-order valence-corrected chi connectivity index (χ0v) is 28.4. The number of hydrogen-bond donors (Lipinski definition) is 0. The molecule has 0 aliphatic carbocycles. The van der Waals surface area contributed by atoms with Crippen LogP contribution in [0.3, 0.4) is 0 Å². The minimum absolute atomic E-state index is 0.276. The van der Waals surface area contributed by atoms with Gasteiger partial charge in [-0.15, -0.1) is 0 Å². The highest BCUT2D eigenvalue weighted by molar-refractivity contribution is 5.02. The highest BCUT2D eigenvalue weighted by atomic mass is 16.5. The van der Waals surface area contributed by atoms with Gasteiger partial charge in [-0.2, -0.15) is 0 Å². The number of unbranched alkanes of at least 4 members (excludes halogenated alkanes) is 10. The van der Waals surface area contributed by atoms with Crippen molar-refractivity contribution in [3.63, 3.8) is 0 Å². The fraction of sp³-hybridized carbons (Fsp3) is 0.744. The van der Waals surface area contributed by atoms with Gasteiger partial charge < -0.3 is 9.64 Å². The normalized spacial score (nSPS) is 13.9. The van der Waals surface area contributed by atoms with Crippen LogP contribution in [0.4, 0.5) is 0 Å². The summed E-state index contributed by atoms with van der Waals surface area (Å²) in [5.41, 5.74) is 0. The predicted octanol–water partition coefficient (Wildman–Crippen LogP) is 12.5. The molecule has 0 aliphatic heterocycles. The highest BCUT2D eigenvalue weighted by Gasteiger charge is 2.22. The standard InChI is InChI=1S/C39H71NO/c1-7-10-13-16-19-22-24-27-33-38(34-28-25-23-20-17-14-11-8-2)39(35-29-26-21-18-15-12-9-3)41-37(4)32-30-31-36-40(5)6/h13,16,19-23,26,38-39H,4,7-12,14-15,17-18,24-25,27-36H2,1-3,5-6H3/b16-13+,22-19-,23-20-,26-21-. The number of allylic oxidation sites excluding steroid dienone is 9. The van der Waals surface area contributed by atoms with Crippen LogP contribution in [0.25, 0.3) is 0 Å². The van der Waals surface area contributed by atoms with E-state index in [1.165, 1.54) is 103 Å². The van der Waals surface area contributed by atoms with E-state index in [0.29, 0.717) is 5.92 Å². The number of ether oxygens (including phenoxy) is 1.